The highest BCUT2D eigenvalue weighted by Crippen LogP contribution is 2.34. The predicted molar refractivity (Wildman–Crippen MR) is 92.7 cm³/mol. The standard InChI is InChI=1S/C18H28N4O2/c19-17(24)15-10-20-18(21-14-7-2-1-3-8-14)22-16(15)9-12-5-4-6-13(12)11-23/h10,12-14,23H,1-9,11H2,(H2,19,24)(H,20,21,22)/t12-,13-/m0/s1. The highest BCUT2D eigenvalue weighted by atomic mass is 16.3. The number of nitrogens with two attached hydrogens (primary N) is 1. The Hall–Kier alpha value is -1.69. The molecule has 2 aliphatic rings. The van der Waals surface area contributed by atoms with Gasteiger partial charge in [0.15, 0.2) is 0 Å². The molecule has 2 fully saturated rings. The number of carbonyl (C=O) groups excluding carboxylic acids is 1. The first-order valence-corrected chi connectivity index (χ1v) is 9.20. The van der Waals surface area contributed by atoms with Gasteiger partial charge in [0.25, 0.3) is 5.91 Å². The summed E-state index contributed by atoms with van der Waals surface area (Å²) in [6, 6.07) is 0.419. The molecule has 1 aromatic rings. The summed E-state index contributed by atoms with van der Waals surface area (Å²) in [5.41, 5.74) is 6.63. The number of hydrogen-bond donors (Lipinski definition) is 3. The first-order chi connectivity index (χ1) is 11.7. The third-order valence-corrected chi connectivity index (χ3v) is 5.58. The van der Waals surface area contributed by atoms with Gasteiger partial charge in [-0.1, -0.05) is 25.7 Å². The lowest BCUT2D eigenvalue weighted by molar-refractivity contribution is 0.0998. The summed E-state index contributed by atoms with van der Waals surface area (Å²) in [7, 11) is 0. The second-order valence-electron chi connectivity index (χ2n) is 7.24. The third-order valence-electron chi connectivity index (χ3n) is 5.58. The molecule has 0 saturated heterocycles. The Morgan fingerprint density at radius 2 is 1.92 bits per heavy atom. The third kappa shape index (κ3) is 4.04. The van der Waals surface area contributed by atoms with E-state index in [4.69, 9.17) is 5.73 Å². The van der Waals surface area contributed by atoms with Crippen LogP contribution in [0.25, 0.3) is 0 Å². The van der Waals surface area contributed by atoms with Crippen molar-refractivity contribution < 1.29 is 9.90 Å². The van der Waals surface area contributed by atoms with Crippen LogP contribution < -0.4 is 11.1 Å². The molecule has 6 nitrogen and oxygen atoms in total. The molecule has 4 N–H and O–H groups in total. The molecule has 0 unspecified atom stereocenters. The number of nitrogens with zero attached hydrogens (tertiary/aromatic N) is 2. The molecule has 0 aliphatic heterocycles. The zero-order chi connectivity index (χ0) is 16.9. The van der Waals surface area contributed by atoms with Crippen molar-refractivity contribution in [2.24, 2.45) is 17.6 Å². The molecule has 1 aromatic heterocycles. The van der Waals surface area contributed by atoms with E-state index in [-0.39, 0.29) is 6.61 Å². The molecular formula is C18H28N4O2. The minimum atomic E-state index is -0.479. The maximum Gasteiger partial charge on any atom is 0.252 e. The number of rotatable bonds is 6. The molecule has 2 saturated carbocycles. The van der Waals surface area contributed by atoms with Crippen LogP contribution in [0.2, 0.25) is 0 Å². The first-order valence-electron chi connectivity index (χ1n) is 9.20. The van der Waals surface area contributed by atoms with Gasteiger partial charge in [0.2, 0.25) is 5.95 Å². The lowest BCUT2D eigenvalue weighted by Gasteiger charge is -2.23. The van der Waals surface area contributed by atoms with E-state index in [1.54, 1.807) is 6.20 Å². The molecule has 6 heteroatoms. The smallest absolute Gasteiger partial charge is 0.252 e. The van der Waals surface area contributed by atoms with Gasteiger partial charge >= 0.3 is 0 Å². The van der Waals surface area contributed by atoms with Crippen LogP contribution in [0.3, 0.4) is 0 Å². The lowest BCUT2D eigenvalue weighted by atomic mass is 9.91. The summed E-state index contributed by atoms with van der Waals surface area (Å²) in [6.45, 7) is 0.203. The summed E-state index contributed by atoms with van der Waals surface area (Å²) >= 11 is 0. The summed E-state index contributed by atoms with van der Waals surface area (Å²) in [5.74, 6) is 0.786. The Labute approximate surface area is 143 Å². The minimum absolute atomic E-state index is 0.203. The number of nitrogens with one attached hydrogen (secondary N) is 1. The Bertz CT molecular complexity index is 572. The molecule has 0 spiro atoms. The fraction of sp³-hybridized carbons (Fsp3) is 0.722. The van der Waals surface area contributed by atoms with Gasteiger partial charge in [0, 0.05) is 18.8 Å². The van der Waals surface area contributed by atoms with E-state index in [1.165, 1.54) is 19.3 Å². The van der Waals surface area contributed by atoms with E-state index < -0.39 is 5.91 Å². The lowest BCUT2D eigenvalue weighted by Crippen LogP contribution is -2.25. The summed E-state index contributed by atoms with van der Waals surface area (Å²) < 4.78 is 0. The second-order valence-corrected chi connectivity index (χ2v) is 7.24. The van der Waals surface area contributed by atoms with E-state index in [2.05, 4.69) is 15.3 Å². The molecule has 0 radical (unpaired) electrons. The van der Waals surface area contributed by atoms with Gasteiger partial charge in [-0.05, 0) is 43.9 Å². The minimum Gasteiger partial charge on any atom is -0.396 e. The SMILES string of the molecule is NC(=O)c1cnc(NC2CCCCC2)nc1C[C@@H]1CCC[C@H]1CO. The maximum absolute atomic E-state index is 11.7. The van der Waals surface area contributed by atoms with E-state index in [9.17, 15) is 9.90 Å². The summed E-state index contributed by atoms with van der Waals surface area (Å²) in [5, 5.41) is 12.9. The largest absolute Gasteiger partial charge is 0.396 e. The topological polar surface area (TPSA) is 101 Å². The molecule has 1 amide bonds. The van der Waals surface area contributed by atoms with Crippen LogP contribution in [-0.2, 0) is 6.42 Å². The van der Waals surface area contributed by atoms with E-state index in [0.717, 1.165) is 37.8 Å². The molecule has 3 rings (SSSR count). The molecule has 2 aliphatic carbocycles. The number of aliphatic hydroxyl groups is 1. The van der Waals surface area contributed by atoms with Crippen molar-refractivity contribution in [3.63, 3.8) is 0 Å². The van der Waals surface area contributed by atoms with Gasteiger partial charge in [-0.15, -0.1) is 0 Å². The van der Waals surface area contributed by atoms with Crippen LogP contribution in [0.4, 0.5) is 5.95 Å². The number of carbonyl (C=O) groups is 1. The Kier molecular flexibility index (Phi) is 5.66. The highest BCUT2D eigenvalue weighted by Gasteiger charge is 2.28. The molecule has 0 aromatic carbocycles. The van der Waals surface area contributed by atoms with Crippen LogP contribution in [-0.4, -0.2) is 33.6 Å². The number of aromatic nitrogens is 2. The number of aliphatic hydroxyl groups excluding tert-OH is 1. The van der Waals surface area contributed by atoms with Crippen molar-refractivity contribution in [1.82, 2.24) is 9.97 Å². The van der Waals surface area contributed by atoms with Crippen LogP contribution in [0.15, 0.2) is 6.20 Å². The van der Waals surface area contributed by atoms with E-state index >= 15 is 0 Å². The van der Waals surface area contributed by atoms with Gasteiger partial charge < -0.3 is 16.2 Å². The van der Waals surface area contributed by atoms with Crippen molar-refractivity contribution in [3.8, 4) is 0 Å². The zero-order valence-electron chi connectivity index (χ0n) is 14.2. The second kappa shape index (κ2) is 7.92. The Morgan fingerprint density at radius 1 is 1.17 bits per heavy atom. The first kappa shape index (κ1) is 17.1. The van der Waals surface area contributed by atoms with Gasteiger partial charge in [0.05, 0.1) is 11.3 Å². The molecule has 1 heterocycles. The summed E-state index contributed by atoms with van der Waals surface area (Å²) in [6.07, 6.45) is 11.6. The van der Waals surface area contributed by atoms with Crippen molar-refractivity contribution in [3.05, 3.63) is 17.5 Å². The zero-order valence-corrected chi connectivity index (χ0v) is 14.2. The van der Waals surface area contributed by atoms with E-state index in [1.807, 2.05) is 0 Å². The number of anilines is 1. The Balaban J connectivity index is 1.76. The maximum atomic E-state index is 11.7. The van der Waals surface area contributed by atoms with E-state index in [0.29, 0.717) is 35.8 Å². The van der Waals surface area contributed by atoms with Crippen molar-refractivity contribution >= 4 is 11.9 Å². The van der Waals surface area contributed by atoms with Gasteiger partial charge in [-0.2, -0.15) is 0 Å². The van der Waals surface area contributed by atoms with Gasteiger partial charge in [-0.25, -0.2) is 9.97 Å². The number of amides is 1. The monoisotopic (exact) mass is 332 g/mol. The average molecular weight is 332 g/mol. The predicted octanol–water partition coefficient (Wildman–Crippen LogP) is 2.27. The summed E-state index contributed by atoms with van der Waals surface area (Å²) in [4.78, 5) is 20.6. The van der Waals surface area contributed by atoms with Gasteiger partial charge in [0.1, 0.15) is 0 Å². The van der Waals surface area contributed by atoms with Crippen molar-refractivity contribution in [1.29, 1.82) is 0 Å². The van der Waals surface area contributed by atoms with Crippen LogP contribution in [0, 0.1) is 11.8 Å². The van der Waals surface area contributed by atoms with Crippen LogP contribution >= 0.6 is 0 Å². The quantitative estimate of drug-likeness (QED) is 0.742. The van der Waals surface area contributed by atoms with Crippen LogP contribution in [0.5, 0.6) is 0 Å². The molecule has 2 atom stereocenters. The van der Waals surface area contributed by atoms with Gasteiger partial charge in [-0.3, -0.25) is 4.79 Å². The molecule has 0 bridgehead atoms. The molecular weight excluding hydrogens is 304 g/mol. The Morgan fingerprint density at radius 3 is 2.62 bits per heavy atom. The fourth-order valence-electron chi connectivity index (χ4n) is 4.15. The number of hydrogen-bond acceptors (Lipinski definition) is 5. The van der Waals surface area contributed by atoms with Crippen LogP contribution in [0.1, 0.15) is 67.4 Å². The normalized spacial score (nSPS) is 24.9. The highest BCUT2D eigenvalue weighted by molar-refractivity contribution is 5.93. The fourth-order valence-corrected chi connectivity index (χ4v) is 4.15. The molecule has 24 heavy (non-hydrogen) atoms. The van der Waals surface area contributed by atoms with Crippen molar-refractivity contribution in [2.45, 2.75) is 63.8 Å². The average Bonchev–Trinajstić information content (AvgIpc) is 3.03. The van der Waals surface area contributed by atoms with Crippen molar-refractivity contribution in [2.75, 3.05) is 11.9 Å². The molecule has 132 valence electrons. The number of primary amides is 1.